The van der Waals surface area contributed by atoms with Gasteiger partial charge in [0.25, 0.3) is 0 Å². The molecule has 0 spiro atoms. The molecule has 2 fully saturated rings. The van der Waals surface area contributed by atoms with Crippen LogP contribution in [0.3, 0.4) is 0 Å². The molecule has 1 heterocycles. The zero-order chi connectivity index (χ0) is 13.1. The van der Waals surface area contributed by atoms with E-state index in [-0.39, 0.29) is 5.92 Å². The normalized spacial score (nSPS) is 37.9. The molecule has 104 valence electrons. The van der Waals surface area contributed by atoms with Crippen LogP contribution in [-0.2, 0) is 4.79 Å². The van der Waals surface area contributed by atoms with E-state index in [0.29, 0.717) is 12.0 Å². The fourth-order valence-corrected chi connectivity index (χ4v) is 3.83. The summed E-state index contributed by atoms with van der Waals surface area (Å²) in [5.41, 5.74) is 0. The SMILES string of the molecule is CCCC1CCC(N2CC(C)C(C(=O)O)C2)CC1. The first-order valence-corrected chi connectivity index (χ1v) is 7.58. The lowest BCUT2D eigenvalue weighted by Crippen LogP contribution is -2.37. The van der Waals surface area contributed by atoms with Gasteiger partial charge in [0.05, 0.1) is 5.92 Å². The number of rotatable bonds is 4. The summed E-state index contributed by atoms with van der Waals surface area (Å²) in [5, 5.41) is 9.19. The Morgan fingerprint density at radius 3 is 2.39 bits per heavy atom. The molecule has 0 amide bonds. The molecule has 1 aliphatic heterocycles. The van der Waals surface area contributed by atoms with Crippen molar-refractivity contribution < 1.29 is 9.90 Å². The lowest BCUT2D eigenvalue weighted by molar-refractivity contribution is -0.142. The molecule has 2 atom stereocenters. The number of nitrogens with zero attached hydrogens (tertiary/aromatic N) is 1. The molecule has 3 heteroatoms. The molecular formula is C15H27NO2. The molecule has 1 N–H and O–H groups in total. The van der Waals surface area contributed by atoms with Crippen molar-refractivity contribution in [1.82, 2.24) is 4.90 Å². The Labute approximate surface area is 111 Å². The Morgan fingerprint density at radius 1 is 1.22 bits per heavy atom. The molecule has 3 nitrogen and oxygen atoms in total. The van der Waals surface area contributed by atoms with Crippen LogP contribution in [0.25, 0.3) is 0 Å². The second kappa shape index (κ2) is 6.05. The van der Waals surface area contributed by atoms with Crippen molar-refractivity contribution in [3.05, 3.63) is 0 Å². The fourth-order valence-electron chi connectivity index (χ4n) is 3.83. The van der Waals surface area contributed by atoms with Crippen LogP contribution in [0.4, 0.5) is 0 Å². The molecule has 0 radical (unpaired) electrons. The van der Waals surface area contributed by atoms with Gasteiger partial charge in [-0.05, 0) is 37.5 Å². The third kappa shape index (κ3) is 3.05. The Hall–Kier alpha value is -0.570. The Bertz CT molecular complexity index is 284. The van der Waals surface area contributed by atoms with Gasteiger partial charge >= 0.3 is 5.97 Å². The standard InChI is InChI=1S/C15H27NO2/c1-3-4-12-5-7-13(8-6-12)16-9-11(2)14(10-16)15(17)18/h11-14H,3-10H2,1-2H3,(H,17,18). The highest BCUT2D eigenvalue weighted by Crippen LogP contribution is 2.34. The summed E-state index contributed by atoms with van der Waals surface area (Å²) in [4.78, 5) is 13.6. The summed E-state index contributed by atoms with van der Waals surface area (Å²) in [6.45, 7) is 6.12. The lowest BCUT2D eigenvalue weighted by atomic mass is 9.83. The van der Waals surface area contributed by atoms with E-state index in [4.69, 9.17) is 0 Å². The minimum atomic E-state index is -0.607. The van der Waals surface area contributed by atoms with Crippen LogP contribution >= 0.6 is 0 Å². The minimum Gasteiger partial charge on any atom is -0.481 e. The van der Waals surface area contributed by atoms with Crippen LogP contribution in [0.15, 0.2) is 0 Å². The molecule has 0 aromatic rings. The van der Waals surface area contributed by atoms with E-state index in [0.717, 1.165) is 19.0 Å². The molecule has 1 aliphatic carbocycles. The highest BCUT2D eigenvalue weighted by atomic mass is 16.4. The average Bonchev–Trinajstić information content (AvgIpc) is 2.73. The number of carbonyl (C=O) groups is 1. The second-order valence-electron chi connectivity index (χ2n) is 6.34. The van der Waals surface area contributed by atoms with Crippen LogP contribution in [-0.4, -0.2) is 35.1 Å². The van der Waals surface area contributed by atoms with E-state index in [2.05, 4.69) is 18.7 Å². The first-order chi connectivity index (χ1) is 8.61. The van der Waals surface area contributed by atoms with E-state index in [9.17, 15) is 9.90 Å². The van der Waals surface area contributed by atoms with Gasteiger partial charge in [-0.15, -0.1) is 0 Å². The molecule has 2 aliphatic rings. The molecule has 0 aromatic heterocycles. The quantitative estimate of drug-likeness (QED) is 0.837. The number of hydrogen-bond acceptors (Lipinski definition) is 2. The third-order valence-electron chi connectivity index (χ3n) is 4.99. The molecule has 18 heavy (non-hydrogen) atoms. The monoisotopic (exact) mass is 253 g/mol. The number of aliphatic carboxylic acids is 1. The fraction of sp³-hybridized carbons (Fsp3) is 0.933. The predicted octanol–water partition coefficient (Wildman–Crippen LogP) is 3.00. The summed E-state index contributed by atoms with van der Waals surface area (Å²) in [6, 6.07) is 0.657. The molecule has 1 saturated carbocycles. The van der Waals surface area contributed by atoms with Gasteiger partial charge in [0.2, 0.25) is 0 Å². The number of carboxylic acids is 1. The number of carboxylic acid groups (broad SMARTS) is 1. The van der Waals surface area contributed by atoms with Crippen LogP contribution < -0.4 is 0 Å². The van der Waals surface area contributed by atoms with Crippen molar-refractivity contribution in [3.8, 4) is 0 Å². The number of hydrogen-bond donors (Lipinski definition) is 1. The summed E-state index contributed by atoms with van der Waals surface area (Å²) in [6.07, 6.45) is 7.94. The van der Waals surface area contributed by atoms with Gasteiger partial charge in [-0.2, -0.15) is 0 Å². The Morgan fingerprint density at radius 2 is 1.89 bits per heavy atom. The molecule has 0 aromatic carbocycles. The maximum atomic E-state index is 11.2. The van der Waals surface area contributed by atoms with Gasteiger partial charge in [-0.25, -0.2) is 0 Å². The van der Waals surface area contributed by atoms with E-state index in [1.807, 2.05) is 0 Å². The van der Waals surface area contributed by atoms with Crippen molar-refractivity contribution in [3.63, 3.8) is 0 Å². The smallest absolute Gasteiger partial charge is 0.308 e. The van der Waals surface area contributed by atoms with E-state index < -0.39 is 5.97 Å². The van der Waals surface area contributed by atoms with Crippen molar-refractivity contribution in [2.24, 2.45) is 17.8 Å². The predicted molar refractivity (Wildman–Crippen MR) is 72.5 cm³/mol. The van der Waals surface area contributed by atoms with Crippen LogP contribution in [0.1, 0.15) is 52.4 Å². The molecule has 2 unspecified atom stereocenters. The highest BCUT2D eigenvalue weighted by molar-refractivity contribution is 5.71. The zero-order valence-electron chi connectivity index (χ0n) is 11.8. The van der Waals surface area contributed by atoms with Gasteiger partial charge in [0.1, 0.15) is 0 Å². The Balaban J connectivity index is 1.82. The van der Waals surface area contributed by atoms with Gasteiger partial charge in [0.15, 0.2) is 0 Å². The molecular weight excluding hydrogens is 226 g/mol. The third-order valence-corrected chi connectivity index (χ3v) is 4.99. The van der Waals surface area contributed by atoms with Crippen LogP contribution in [0, 0.1) is 17.8 Å². The van der Waals surface area contributed by atoms with Gasteiger partial charge < -0.3 is 5.11 Å². The summed E-state index contributed by atoms with van der Waals surface area (Å²) < 4.78 is 0. The van der Waals surface area contributed by atoms with Crippen molar-refractivity contribution in [2.75, 3.05) is 13.1 Å². The summed E-state index contributed by atoms with van der Waals surface area (Å²) in [7, 11) is 0. The van der Waals surface area contributed by atoms with Gasteiger partial charge in [-0.3, -0.25) is 9.69 Å². The topological polar surface area (TPSA) is 40.5 Å². The molecule has 2 rings (SSSR count). The van der Waals surface area contributed by atoms with E-state index in [1.54, 1.807) is 0 Å². The highest BCUT2D eigenvalue weighted by Gasteiger charge is 2.38. The van der Waals surface area contributed by atoms with E-state index >= 15 is 0 Å². The van der Waals surface area contributed by atoms with Crippen LogP contribution in [0.2, 0.25) is 0 Å². The first-order valence-electron chi connectivity index (χ1n) is 7.58. The largest absolute Gasteiger partial charge is 0.481 e. The van der Waals surface area contributed by atoms with Gasteiger partial charge in [-0.1, -0.05) is 26.7 Å². The van der Waals surface area contributed by atoms with E-state index in [1.165, 1.54) is 38.5 Å². The maximum Gasteiger partial charge on any atom is 0.308 e. The zero-order valence-corrected chi connectivity index (χ0v) is 11.8. The minimum absolute atomic E-state index is 0.140. The van der Waals surface area contributed by atoms with Crippen molar-refractivity contribution in [1.29, 1.82) is 0 Å². The molecule has 1 saturated heterocycles. The Kier molecular flexibility index (Phi) is 4.66. The van der Waals surface area contributed by atoms with Crippen molar-refractivity contribution in [2.45, 2.75) is 58.4 Å². The summed E-state index contributed by atoms with van der Waals surface area (Å²) >= 11 is 0. The number of likely N-dealkylation sites (tertiary alicyclic amines) is 1. The van der Waals surface area contributed by atoms with Gasteiger partial charge in [0, 0.05) is 19.1 Å². The summed E-state index contributed by atoms with van der Waals surface area (Å²) in [5.74, 6) is 0.500. The molecule has 0 bridgehead atoms. The van der Waals surface area contributed by atoms with Crippen LogP contribution in [0.5, 0.6) is 0 Å². The average molecular weight is 253 g/mol. The lowest BCUT2D eigenvalue weighted by Gasteiger charge is -2.34. The first kappa shape index (κ1) is 13.9. The second-order valence-corrected chi connectivity index (χ2v) is 6.34. The van der Waals surface area contributed by atoms with Crippen molar-refractivity contribution >= 4 is 5.97 Å². The maximum absolute atomic E-state index is 11.2.